The number of hydrogen-bond acceptors (Lipinski definition) is 3. The Morgan fingerprint density at radius 1 is 1.08 bits per heavy atom. The van der Waals surface area contributed by atoms with Crippen LogP contribution in [0.25, 0.3) is 11.0 Å². The van der Waals surface area contributed by atoms with Crippen LogP contribution in [0, 0.1) is 5.92 Å². The first kappa shape index (κ1) is 15.9. The second-order valence-corrected chi connectivity index (χ2v) is 6.85. The zero-order valence-corrected chi connectivity index (χ0v) is 14.2. The molecule has 1 atom stereocenters. The first-order valence-electron chi connectivity index (χ1n) is 9.00. The maximum atomic E-state index is 12.6. The zero-order valence-electron chi connectivity index (χ0n) is 14.2. The van der Waals surface area contributed by atoms with E-state index in [1.54, 1.807) is 0 Å². The largest absolute Gasteiger partial charge is 0.325 e. The molecule has 0 unspecified atom stereocenters. The Labute approximate surface area is 146 Å². The number of benzene rings is 1. The molecule has 25 heavy (non-hydrogen) atoms. The van der Waals surface area contributed by atoms with E-state index < -0.39 is 0 Å². The number of nitrogens with one attached hydrogen (secondary N) is 2. The van der Waals surface area contributed by atoms with Crippen LogP contribution in [0.4, 0.5) is 10.7 Å². The van der Waals surface area contributed by atoms with Crippen LogP contribution in [-0.2, 0) is 4.79 Å². The third kappa shape index (κ3) is 3.31. The van der Waals surface area contributed by atoms with Gasteiger partial charge in [-0.25, -0.2) is 9.78 Å². The number of amides is 3. The summed E-state index contributed by atoms with van der Waals surface area (Å²) in [5.74, 6) is 0.209. The highest BCUT2D eigenvalue weighted by atomic mass is 16.2. The number of H-pyrrole nitrogens is 1. The standard InChI is InChI=1S/C18H23N5O2/c24-16(21-17-19-14-7-1-2-8-15(14)20-17)13-6-5-11-23(12-13)18(25)22-9-3-4-10-22/h1-2,7-8,13H,3-6,9-12H2,(H2,19,20,21,24)/t13-/m0/s1. The molecule has 4 rings (SSSR count). The predicted molar refractivity (Wildman–Crippen MR) is 95.2 cm³/mol. The van der Waals surface area contributed by atoms with Crippen LogP contribution in [-0.4, -0.2) is 57.9 Å². The molecule has 0 aliphatic carbocycles. The van der Waals surface area contributed by atoms with Gasteiger partial charge in [0.2, 0.25) is 11.9 Å². The first-order valence-corrected chi connectivity index (χ1v) is 9.00. The maximum absolute atomic E-state index is 12.6. The Morgan fingerprint density at radius 3 is 2.64 bits per heavy atom. The van der Waals surface area contributed by atoms with Crippen molar-refractivity contribution in [2.45, 2.75) is 25.7 Å². The molecule has 3 heterocycles. The molecule has 2 N–H and O–H groups in total. The van der Waals surface area contributed by atoms with Crippen LogP contribution in [0.5, 0.6) is 0 Å². The monoisotopic (exact) mass is 341 g/mol. The number of fused-ring (bicyclic) bond motifs is 1. The number of hydrogen-bond donors (Lipinski definition) is 2. The summed E-state index contributed by atoms with van der Waals surface area (Å²) in [5, 5.41) is 2.87. The highest BCUT2D eigenvalue weighted by Gasteiger charge is 2.31. The number of rotatable bonds is 2. The minimum absolute atomic E-state index is 0.0713. The third-order valence-corrected chi connectivity index (χ3v) is 5.07. The SMILES string of the molecule is O=C(Nc1nc2ccccc2[nH]1)[C@H]1CCCN(C(=O)N2CCCC2)C1. The van der Waals surface area contributed by atoms with E-state index in [-0.39, 0.29) is 17.9 Å². The van der Waals surface area contributed by atoms with Crippen molar-refractivity contribution in [1.82, 2.24) is 19.8 Å². The Kier molecular flexibility index (Phi) is 4.29. The van der Waals surface area contributed by atoms with Crippen molar-refractivity contribution in [1.29, 1.82) is 0 Å². The summed E-state index contributed by atoms with van der Waals surface area (Å²) in [7, 11) is 0. The number of imidazole rings is 1. The number of likely N-dealkylation sites (tertiary alicyclic amines) is 2. The fourth-order valence-corrected chi connectivity index (χ4v) is 3.70. The number of urea groups is 1. The average Bonchev–Trinajstić information content (AvgIpc) is 3.30. The van der Waals surface area contributed by atoms with Crippen LogP contribution in [0.1, 0.15) is 25.7 Å². The van der Waals surface area contributed by atoms with Crippen LogP contribution in [0.3, 0.4) is 0 Å². The van der Waals surface area contributed by atoms with Gasteiger partial charge in [0.15, 0.2) is 0 Å². The number of para-hydroxylation sites is 2. The molecular formula is C18H23N5O2. The van der Waals surface area contributed by atoms with Crippen molar-refractivity contribution in [3.05, 3.63) is 24.3 Å². The summed E-state index contributed by atoms with van der Waals surface area (Å²) in [4.78, 5) is 36.4. The van der Waals surface area contributed by atoms with Crippen molar-refractivity contribution in [2.24, 2.45) is 5.92 Å². The molecule has 2 aliphatic rings. The van der Waals surface area contributed by atoms with Crippen LogP contribution < -0.4 is 5.32 Å². The Hall–Kier alpha value is -2.57. The van der Waals surface area contributed by atoms with E-state index >= 15 is 0 Å². The van der Waals surface area contributed by atoms with Gasteiger partial charge in [-0.3, -0.25) is 10.1 Å². The lowest BCUT2D eigenvalue weighted by atomic mass is 9.97. The van der Waals surface area contributed by atoms with E-state index in [9.17, 15) is 9.59 Å². The molecule has 2 aliphatic heterocycles. The summed E-state index contributed by atoms with van der Waals surface area (Å²) in [6.07, 6.45) is 3.82. The smallest absolute Gasteiger partial charge is 0.320 e. The lowest BCUT2D eigenvalue weighted by molar-refractivity contribution is -0.121. The van der Waals surface area contributed by atoms with Crippen LogP contribution >= 0.6 is 0 Å². The quantitative estimate of drug-likeness (QED) is 0.880. The number of carbonyl (C=O) groups excluding carboxylic acids is 2. The van der Waals surface area contributed by atoms with E-state index in [2.05, 4.69) is 15.3 Å². The second-order valence-electron chi connectivity index (χ2n) is 6.85. The molecule has 3 amide bonds. The Balaban J connectivity index is 1.40. The van der Waals surface area contributed by atoms with E-state index in [4.69, 9.17) is 0 Å². The molecule has 2 aromatic rings. The van der Waals surface area contributed by atoms with Gasteiger partial charge >= 0.3 is 6.03 Å². The van der Waals surface area contributed by atoms with E-state index in [1.165, 1.54) is 0 Å². The predicted octanol–water partition coefficient (Wildman–Crippen LogP) is 2.43. The molecule has 0 spiro atoms. The first-order chi connectivity index (χ1) is 12.2. The molecule has 7 nitrogen and oxygen atoms in total. The second kappa shape index (κ2) is 6.74. The average molecular weight is 341 g/mol. The Bertz CT molecular complexity index is 748. The molecule has 2 saturated heterocycles. The molecule has 2 fully saturated rings. The fourth-order valence-electron chi connectivity index (χ4n) is 3.70. The fraction of sp³-hybridized carbons (Fsp3) is 0.500. The number of piperidine rings is 1. The highest BCUT2D eigenvalue weighted by Crippen LogP contribution is 2.21. The van der Waals surface area contributed by atoms with Crippen molar-refractivity contribution < 1.29 is 9.59 Å². The molecule has 0 radical (unpaired) electrons. The Morgan fingerprint density at radius 2 is 1.84 bits per heavy atom. The summed E-state index contributed by atoms with van der Waals surface area (Å²) >= 11 is 0. The summed E-state index contributed by atoms with van der Waals surface area (Å²) in [5.41, 5.74) is 1.72. The van der Waals surface area contributed by atoms with Crippen molar-refractivity contribution in [3.63, 3.8) is 0 Å². The van der Waals surface area contributed by atoms with Crippen molar-refractivity contribution in [2.75, 3.05) is 31.5 Å². The normalized spacial score (nSPS) is 20.9. The number of aromatic nitrogens is 2. The molecule has 0 saturated carbocycles. The van der Waals surface area contributed by atoms with Gasteiger partial charge in [-0.2, -0.15) is 0 Å². The summed E-state index contributed by atoms with van der Waals surface area (Å²) in [6.45, 7) is 2.90. The number of carbonyl (C=O) groups is 2. The minimum Gasteiger partial charge on any atom is -0.325 e. The molecule has 132 valence electrons. The minimum atomic E-state index is -0.187. The van der Waals surface area contributed by atoms with Crippen LogP contribution in [0.2, 0.25) is 0 Å². The van der Waals surface area contributed by atoms with Gasteiger partial charge in [-0.15, -0.1) is 0 Å². The van der Waals surface area contributed by atoms with Gasteiger partial charge in [-0.1, -0.05) is 12.1 Å². The van der Waals surface area contributed by atoms with Gasteiger partial charge in [0, 0.05) is 26.2 Å². The number of anilines is 1. The van der Waals surface area contributed by atoms with Gasteiger partial charge < -0.3 is 14.8 Å². The molecule has 7 heteroatoms. The third-order valence-electron chi connectivity index (χ3n) is 5.07. The summed E-state index contributed by atoms with van der Waals surface area (Å²) < 4.78 is 0. The topological polar surface area (TPSA) is 81.3 Å². The lowest BCUT2D eigenvalue weighted by Crippen LogP contribution is -2.48. The van der Waals surface area contributed by atoms with E-state index in [0.29, 0.717) is 12.5 Å². The van der Waals surface area contributed by atoms with E-state index in [1.807, 2.05) is 34.1 Å². The maximum Gasteiger partial charge on any atom is 0.320 e. The van der Waals surface area contributed by atoms with Crippen LogP contribution in [0.15, 0.2) is 24.3 Å². The number of nitrogens with zero attached hydrogens (tertiary/aromatic N) is 3. The van der Waals surface area contributed by atoms with Gasteiger partial charge in [0.05, 0.1) is 17.0 Å². The molecule has 1 aromatic heterocycles. The van der Waals surface area contributed by atoms with Crippen molar-refractivity contribution >= 4 is 28.9 Å². The molecule has 0 bridgehead atoms. The van der Waals surface area contributed by atoms with E-state index in [0.717, 1.165) is 56.4 Å². The highest BCUT2D eigenvalue weighted by molar-refractivity contribution is 5.93. The van der Waals surface area contributed by atoms with Crippen molar-refractivity contribution in [3.8, 4) is 0 Å². The lowest BCUT2D eigenvalue weighted by Gasteiger charge is -2.34. The number of aromatic amines is 1. The van der Waals surface area contributed by atoms with Gasteiger partial charge in [-0.05, 0) is 37.8 Å². The van der Waals surface area contributed by atoms with Gasteiger partial charge in [0.25, 0.3) is 0 Å². The zero-order chi connectivity index (χ0) is 17.2. The molecular weight excluding hydrogens is 318 g/mol. The van der Waals surface area contributed by atoms with Gasteiger partial charge in [0.1, 0.15) is 0 Å². The molecule has 1 aromatic carbocycles. The summed E-state index contributed by atoms with van der Waals surface area (Å²) in [6, 6.07) is 7.75.